The zero-order valence-electron chi connectivity index (χ0n) is 7.43. The zero-order chi connectivity index (χ0) is 9.84. The van der Waals surface area contributed by atoms with Crippen LogP contribution in [-0.4, -0.2) is 41.9 Å². The average Bonchev–Trinajstić information content (AvgIpc) is 2.59. The lowest BCUT2D eigenvalue weighted by Gasteiger charge is -2.23. The van der Waals surface area contributed by atoms with E-state index in [-0.39, 0.29) is 12.6 Å². The Kier molecular flexibility index (Phi) is 3.09. The van der Waals surface area contributed by atoms with Gasteiger partial charge >= 0.3 is 6.09 Å². The maximum Gasteiger partial charge on any atom is 0.410 e. The highest BCUT2D eigenvalue weighted by Gasteiger charge is 2.37. The van der Waals surface area contributed by atoms with Gasteiger partial charge in [-0.1, -0.05) is 0 Å². The summed E-state index contributed by atoms with van der Waals surface area (Å²) in [6.45, 7) is -0.118. The molecule has 0 saturated carbocycles. The number of ether oxygens (including phenoxy) is 1. The molecular weight excluding hydrogens is 172 g/mol. The van der Waals surface area contributed by atoms with Gasteiger partial charge < -0.3 is 9.84 Å². The Labute approximate surface area is 76.5 Å². The molecule has 0 aromatic heterocycles. The number of carbonyl (C=O) groups is 1. The summed E-state index contributed by atoms with van der Waals surface area (Å²) < 4.78 is 4.52. The Bertz CT molecular complexity index is 236. The molecule has 0 unspecified atom stereocenters. The number of aliphatic hydroxyl groups is 1. The van der Waals surface area contributed by atoms with Crippen molar-refractivity contribution in [1.29, 1.82) is 5.26 Å². The van der Waals surface area contributed by atoms with Crippen LogP contribution in [0.2, 0.25) is 0 Å². The number of carbonyl (C=O) groups excluding carboxylic acids is 1. The van der Waals surface area contributed by atoms with Gasteiger partial charge in [-0.3, -0.25) is 4.90 Å². The molecule has 0 aliphatic carbocycles. The van der Waals surface area contributed by atoms with E-state index in [0.717, 1.165) is 0 Å². The minimum Gasteiger partial charge on any atom is -0.453 e. The van der Waals surface area contributed by atoms with Crippen molar-refractivity contribution in [2.24, 2.45) is 0 Å². The minimum absolute atomic E-state index is 0.118. The molecule has 1 aliphatic heterocycles. The first-order valence-corrected chi connectivity index (χ1v) is 4.11. The van der Waals surface area contributed by atoms with Gasteiger partial charge in [0.2, 0.25) is 0 Å². The number of aliphatic hydroxyl groups excluding tert-OH is 1. The molecule has 1 rings (SSSR count). The number of nitrogens with zero attached hydrogens (tertiary/aromatic N) is 2. The molecule has 0 radical (unpaired) electrons. The molecule has 1 heterocycles. The molecule has 2 atom stereocenters. The predicted molar refractivity (Wildman–Crippen MR) is 43.8 cm³/mol. The molecule has 1 amide bonds. The smallest absolute Gasteiger partial charge is 0.410 e. The number of rotatable bonds is 1. The quantitative estimate of drug-likeness (QED) is 0.627. The Morgan fingerprint density at radius 1 is 1.77 bits per heavy atom. The van der Waals surface area contributed by atoms with Crippen molar-refractivity contribution in [2.45, 2.75) is 24.9 Å². The van der Waals surface area contributed by atoms with Crippen molar-refractivity contribution < 1.29 is 14.6 Å². The summed E-state index contributed by atoms with van der Waals surface area (Å²) in [6, 6.07) is 1.29. The molecule has 1 saturated heterocycles. The molecule has 0 bridgehead atoms. The SMILES string of the molecule is COC(=O)N1[C@H](CO)CC[C@@H]1C#N. The number of hydrogen-bond acceptors (Lipinski definition) is 4. The first-order valence-electron chi connectivity index (χ1n) is 4.11. The van der Waals surface area contributed by atoms with Crippen molar-refractivity contribution in [1.82, 2.24) is 4.90 Å². The van der Waals surface area contributed by atoms with Gasteiger partial charge in [0.25, 0.3) is 0 Å². The molecule has 1 aliphatic rings. The number of methoxy groups -OCH3 is 1. The van der Waals surface area contributed by atoms with Crippen LogP contribution >= 0.6 is 0 Å². The van der Waals surface area contributed by atoms with Crippen molar-refractivity contribution in [2.75, 3.05) is 13.7 Å². The van der Waals surface area contributed by atoms with E-state index in [0.29, 0.717) is 12.8 Å². The molecule has 0 aromatic carbocycles. The third-order valence-electron chi connectivity index (χ3n) is 2.25. The molecule has 1 N–H and O–H groups in total. The number of amides is 1. The second-order valence-corrected chi connectivity index (χ2v) is 2.94. The third-order valence-corrected chi connectivity index (χ3v) is 2.25. The van der Waals surface area contributed by atoms with Gasteiger partial charge in [-0.25, -0.2) is 4.79 Å². The maximum atomic E-state index is 11.2. The van der Waals surface area contributed by atoms with E-state index in [1.807, 2.05) is 6.07 Å². The molecule has 0 aromatic rings. The van der Waals surface area contributed by atoms with Crippen LogP contribution in [0.4, 0.5) is 4.79 Å². The summed E-state index contributed by atoms with van der Waals surface area (Å²) in [6.07, 6.45) is 0.726. The predicted octanol–water partition coefficient (Wildman–Crippen LogP) is 0.102. The van der Waals surface area contributed by atoms with Crippen molar-refractivity contribution in [3.8, 4) is 6.07 Å². The van der Waals surface area contributed by atoms with Crippen molar-refractivity contribution in [3.63, 3.8) is 0 Å². The maximum absolute atomic E-state index is 11.2. The lowest BCUT2D eigenvalue weighted by Crippen LogP contribution is -2.42. The summed E-state index contributed by atoms with van der Waals surface area (Å²) in [7, 11) is 1.27. The fourth-order valence-electron chi connectivity index (χ4n) is 1.57. The van der Waals surface area contributed by atoms with Crippen LogP contribution in [0.25, 0.3) is 0 Å². The third kappa shape index (κ3) is 1.73. The summed E-state index contributed by atoms with van der Waals surface area (Å²) in [4.78, 5) is 12.5. The first kappa shape index (κ1) is 9.81. The molecule has 0 spiro atoms. The van der Waals surface area contributed by atoms with Gasteiger partial charge in [0.15, 0.2) is 0 Å². The monoisotopic (exact) mass is 184 g/mol. The molecule has 5 nitrogen and oxygen atoms in total. The van der Waals surface area contributed by atoms with E-state index < -0.39 is 12.1 Å². The summed E-state index contributed by atoms with van der Waals surface area (Å²) in [5.74, 6) is 0. The number of likely N-dealkylation sites (tertiary alicyclic amines) is 1. The lowest BCUT2D eigenvalue weighted by molar-refractivity contribution is 0.0930. The van der Waals surface area contributed by atoms with Crippen LogP contribution in [0.5, 0.6) is 0 Å². The van der Waals surface area contributed by atoms with Gasteiger partial charge in [0.05, 0.1) is 25.8 Å². The van der Waals surface area contributed by atoms with Crippen LogP contribution in [0.3, 0.4) is 0 Å². The summed E-state index contributed by atoms with van der Waals surface area (Å²) in [5.41, 5.74) is 0. The lowest BCUT2D eigenvalue weighted by atomic mass is 10.2. The van der Waals surface area contributed by atoms with Gasteiger partial charge in [-0.2, -0.15) is 5.26 Å². The van der Waals surface area contributed by atoms with E-state index in [9.17, 15) is 4.79 Å². The van der Waals surface area contributed by atoms with Crippen molar-refractivity contribution in [3.05, 3.63) is 0 Å². The van der Waals surface area contributed by atoms with Crippen LogP contribution < -0.4 is 0 Å². The van der Waals surface area contributed by atoms with Gasteiger partial charge in [-0.05, 0) is 12.8 Å². The molecular formula is C8H12N2O3. The van der Waals surface area contributed by atoms with Crippen LogP contribution in [0.1, 0.15) is 12.8 Å². The molecule has 1 fully saturated rings. The van der Waals surface area contributed by atoms with E-state index in [4.69, 9.17) is 10.4 Å². The Morgan fingerprint density at radius 3 is 2.92 bits per heavy atom. The van der Waals surface area contributed by atoms with E-state index in [1.54, 1.807) is 0 Å². The highest BCUT2D eigenvalue weighted by Crippen LogP contribution is 2.23. The highest BCUT2D eigenvalue weighted by molar-refractivity contribution is 5.69. The minimum atomic E-state index is -0.539. The molecule has 5 heteroatoms. The van der Waals surface area contributed by atoms with Gasteiger partial charge in [0, 0.05) is 0 Å². The summed E-state index contributed by atoms with van der Waals surface area (Å²) >= 11 is 0. The average molecular weight is 184 g/mol. The molecule has 13 heavy (non-hydrogen) atoms. The van der Waals surface area contributed by atoms with E-state index >= 15 is 0 Å². The normalized spacial score (nSPS) is 27.0. The Morgan fingerprint density at radius 2 is 2.46 bits per heavy atom. The number of nitriles is 1. The van der Waals surface area contributed by atoms with Crippen LogP contribution in [-0.2, 0) is 4.74 Å². The summed E-state index contributed by atoms with van der Waals surface area (Å²) in [5, 5.41) is 17.6. The van der Waals surface area contributed by atoms with Crippen molar-refractivity contribution >= 4 is 6.09 Å². The fourth-order valence-corrected chi connectivity index (χ4v) is 1.57. The molecule has 72 valence electrons. The van der Waals surface area contributed by atoms with Crippen LogP contribution in [0, 0.1) is 11.3 Å². The van der Waals surface area contributed by atoms with Crippen LogP contribution in [0.15, 0.2) is 0 Å². The van der Waals surface area contributed by atoms with E-state index in [2.05, 4.69) is 4.74 Å². The zero-order valence-corrected chi connectivity index (χ0v) is 7.43. The largest absolute Gasteiger partial charge is 0.453 e. The van der Waals surface area contributed by atoms with E-state index in [1.165, 1.54) is 12.0 Å². The highest BCUT2D eigenvalue weighted by atomic mass is 16.5. The first-order chi connectivity index (χ1) is 6.24. The fraction of sp³-hybridized carbons (Fsp3) is 0.750. The standard InChI is InChI=1S/C8H12N2O3/c1-13-8(12)10-6(4-9)2-3-7(10)5-11/h6-7,11H,2-3,5H2,1H3/t6-,7+/m1/s1. The second kappa shape index (κ2) is 4.10. The topological polar surface area (TPSA) is 73.6 Å². The Balaban J connectivity index is 2.74. The van der Waals surface area contributed by atoms with Gasteiger partial charge in [0.1, 0.15) is 6.04 Å². The second-order valence-electron chi connectivity index (χ2n) is 2.94. The van der Waals surface area contributed by atoms with Gasteiger partial charge in [-0.15, -0.1) is 0 Å². The Hall–Kier alpha value is -1.28. The number of hydrogen-bond donors (Lipinski definition) is 1.